The van der Waals surface area contributed by atoms with Gasteiger partial charge in [-0.3, -0.25) is 9.59 Å². The van der Waals surface area contributed by atoms with E-state index in [-0.39, 0.29) is 17.9 Å². The zero-order valence-corrected chi connectivity index (χ0v) is 17.2. The lowest BCUT2D eigenvalue weighted by Crippen LogP contribution is -2.52. The van der Waals surface area contributed by atoms with Gasteiger partial charge < -0.3 is 20.0 Å². The molecular weight excluding hydrogens is 360 g/mol. The molecule has 1 unspecified atom stereocenters. The van der Waals surface area contributed by atoms with Crippen LogP contribution in [0, 0.1) is 0 Å². The summed E-state index contributed by atoms with van der Waals surface area (Å²) < 4.78 is 0. The molecule has 0 radical (unpaired) electrons. The lowest BCUT2D eigenvalue weighted by molar-refractivity contribution is -0.126. The van der Waals surface area contributed by atoms with Crippen molar-refractivity contribution in [1.29, 1.82) is 0 Å². The molecule has 7 heteroatoms. The SMILES string of the molecule is CN1CCN(CCCCNC(=O)C2CCCCN2C(=O)c2cccs2)CC1. The lowest BCUT2D eigenvalue weighted by Gasteiger charge is -2.34. The number of nitrogens with zero attached hydrogens (tertiary/aromatic N) is 3. The minimum absolute atomic E-state index is 0.0000773. The number of piperidine rings is 1. The molecule has 2 fully saturated rings. The molecule has 1 aromatic heterocycles. The number of piperazine rings is 1. The van der Waals surface area contributed by atoms with E-state index in [0.717, 1.165) is 69.7 Å². The van der Waals surface area contributed by atoms with Gasteiger partial charge in [-0.05, 0) is 57.1 Å². The molecule has 3 rings (SSSR count). The van der Waals surface area contributed by atoms with Crippen molar-refractivity contribution in [3.63, 3.8) is 0 Å². The number of hydrogen-bond donors (Lipinski definition) is 1. The second-order valence-corrected chi connectivity index (χ2v) is 8.58. The molecule has 0 saturated carbocycles. The number of rotatable bonds is 7. The molecule has 0 bridgehead atoms. The predicted molar refractivity (Wildman–Crippen MR) is 109 cm³/mol. The van der Waals surface area contributed by atoms with E-state index in [9.17, 15) is 9.59 Å². The van der Waals surface area contributed by atoms with E-state index >= 15 is 0 Å². The van der Waals surface area contributed by atoms with Gasteiger partial charge in [0.15, 0.2) is 0 Å². The number of hydrogen-bond acceptors (Lipinski definition) is 5. The predicted octanol–water partition coefficient (Wildman–Crippen LogP) is 1.89. The highest BCUT2D eigenvalue weighted by Crippen LogP contribution is 2.22. The summed E-state index contributed by atoms with van der Waals surface area (Å²) in [6.07, 6.45) is 4.85. The Hall–Kier alpha value is -1.44. The second kappa shape index (κ2) is 10.2. The maximum Gasteiger partial charge on any atom is 0.264 e. The Kier molecular flexibility index (Phi) is 7.67. The van der Waals surface area contributed by atoms with Crippen molar-refractivity contribution in [2.45, 2.75) is 38.1 Å². The average Bonchev–Trinajstić information content (AvgIpc) is 3.23. The van der Waals surface area contributed by atoms with Crippen molar-refractivity contribution >= 4 is 23.2 Å². The Labute approximate surface area is 166 Å². The highest BCUT2D eigenvalue weighted by molar-refractivity contribution is 7.12. The van der Waals surface area contributed by atoms with Crippen molar-refractivity contribution in [2.75, 3.05) is 52.9 Å². The molecule has 0 spiro atoms. The van der Waals surface area contributed by atoms with Crippen LogP contribution in [0.4, 0.5) is 0 Å². The number of amides is 2. The van der Waals surface area contributed by atoms with Gasteiger partial charge >= 0.3 is 0 Å². The van der Waals surface area contributed by atoms with Crippen molar-refractivity contribution in [3.8, 4) is 0 Å². The first-order chi connectivity index (χ1) is 13.1. The minimum atomic E-state index is -0.314. The number of likely N-dealkylation sites (N-methyl/N-ethyl adjacent to an activating group) is 1. The summed E-state index contributed by atoms with van der Waals surface area (Å²) in [5.41, 5.74) is 0. The molecule has 2 aliphatic heterocycles. The molecule has 27 heavy (non-hydrogen) atoms. The van der Waals surface area contributed by atoms with Gasteiger partial charge in [-0.2, -0.15) is 0 Å². The summed E-state index contributed by atoms with van der Waals surface area (Å²) >= 11 is 1.45. The van der Waals surface area contributed by atoms with Crippen LogP contribution >= 0.6 is 11.3 Å². The van der Waals surface area contributed by atoms with E-state index in [1.54, 1.807) is 4.90 Å². The third kappa shape index (κ3) is 5.77. The lowest BCUT2D eigenvalue weighted by atomic mass is 10.0. The number of carbonyl (C=O) groups is 2. The first-order valence-corrected chi connectivity index (χ1v) is 11.1. The van der Waals surface area contributed by atoms with Crippen LogP contribution in [-0.4, -0.2) is 85.4 Å². The zero-order valence-electron chi connectivity index (χ0n) is 16.4. The molecule has 0 aliphatic carbocycles. The standard InChI is InChI=1S/C20H32N4O2S/c1-22-12-14-23(15-13-22)10-5-3-9-21-19(25)17-7-2-4-11-24(17)20(26)18-8-6-16-27-18/h6,8,16-17H,2-5,7,9-15H2,1H3,(H,21,25). The molecule has 2 saturated heterocycles. The largest absolute Gasteiger partial charge is 0.354 e. The van der Waals surface area contributed by atoms with E-state index < -0.39 is 0 Å². The third-order valence-electron chi connectivity index (χ3n) is 5.59. The Bertz CT molecular complexity index is 599. The third-order valence-corrected chi connectivity index (χ3v) is 6.45. The number of nitrogens with one attached hydrogen (secondary N) is 1. The molecule has 3 heterocycles. The van der Waals surface area contributed by atoms with Crippen molar-refractivity contribution in [1.82, 2.24) is 20.0 Å². The first kappa shape index (κ1) is 20.3. The van der Waals surface area contributed by atoms with Crippen molar-refractivity contribution < 1.29 is 9.59 Å². The fourth-order valence-corrected chi connectivity index (χ4v) is 4.53. The maximum atomic E-state index is 12.7. The summed E-state index contributed by atoms with van der Waals surface area (Å²) in [6, 6.07) is 3.41. The maximum absolute atomic E-state index is 12.7. The molecule has 0 aromatic carbocycles. The Morgan fingerprint density at radius 2 is 1.96 bits per heavy atom. The van der Waals surface area contributed by atoms with Gasteiger partial charge in [0.05, 0.1) is 4.88 Å². The highest BCUT2D eigenvalue weighted by Gasteiger charge is 2.32. The van der Waals surface area contributed by atoms with Crippen LogP contribution in [-0.2, 0) is 4.79 Å². The van der Waals surface area contributed by atoms with Crippen molar-refractivity contribution in [3.05, 3.63) is 22.4 Å². The molecular formula is C20H32N4O2S. The normalized spacial score (nSPS) is 22.0. The quantitative estimate of drug-likeness (QED) is 0.720. The number of carbonyl (C=O) groups excluding carboxylic acids is 2. The molecule has 1 atom stereocenters. The van der Waals surface area contributed by atoms with Gasteiger partial charge in [-0.25, -0.2) is 0 Å². The average molecular weight is 393 g/mol. The van der Waals surface area contributed by atoms with Gasteiger partial charge in [-0.15, -0.1) is 11.3 Å². The Balaban J connectivity index is 1.39. The smallest absolute Gasteiger partial charge is 0.264 e. The van der Waals surface area contributed by atoms with Crippen LogP contribution in [0.25, 0.3) is 0 Å². The number of thiophene rings is 1. The molecule has 2 aliphatic rings. The number of unbranched alkanes of at least 4 members (excludes halogenated alkanes) is 1. The van der Waals surface area contributed by atoms with Crippen LogP contribution in [0.5, 0.6) is 0 Å². The van der Waals surface area contributed by atoms with Crippen molar-refractivity contribution in [2.24, 2.45) is 0 Å². The summed E-state index contributed by atoms with van der Waals surface area (Å²) in [5, 5.41) is 4.98. The van der Waals surface area contributed by atoms with Crippen LogP contribution in [0.15, 0.2) is 17.5 Å². The second-order valence-electron chi connectivity index (χ2n) is 7.63. The van der Waals surface area contributed by atoms with Gasteiger partial charge in [0.2, 0.25) is 5.91 Å². The van der Waals surface area contributed by atoms with Gasteiger partial charge in [-0.1, -0.05) is 6.07 Å². The molecule has 150 valence electrons. The van der Waals surface area contributed by atoms with Gasteiger partial charge in [0.25, 0.3) is 5.91 Å². The van der Waals surface area contributed by atoms with E-state index in [2.05, 4.69) is 22.2 Å². The summed E-state index contributed by atoms with van der Waals surface area (Å²) in [4.78, 5) is 32.7. The summed E-state index contributed by atoms with van der Waals surface area (Å²) in [7, 11) is 2.17. The Morgan fingerprint density at radius 3 is 2.70 bits per heavy atom. The topological polar surface area (TPSA) is 55.9 Å². The molecule has 1 aromatic rings. The zero-order chi connectivity index (χ0) is 19.1. The van der Waals surface area contributed by atoms with E-state index in [1.807, 2.05) is 17.5 Å². The highest BCUT2D eigenvalue weighted by atomic mass is 32.1. The van der Waals surface area contributed by atoms with Crippen LogP contribution in [0.1, 0.15) is 41.8 Å². The van der Waals surface area contributed by atoms with Crippen LogP contribution in [0.2, 0.25) is 0 Å². The fourth-order valence-electron chi connectivity index (χ4n) is 3.85. The van der Waals surface area contributed by atoms with E-state index in [4.69, 9.17) is 0 Å². The summed E-state index contributed by atoms with van der Waals surface area (Å²) in [6.45, 7) is 7.06. The molecule has 6 nitrogen and oxygen atoms in total. The van der Waals surface area contributed by atoms with E-state index in [0.29, 0.717) is 13.1 Å². The molecule has 2 amide bonds. The fraction of sp³-hybridized carbons (Fsp3) is 0.700. The van der Waals surface area contributed by atoms with Gasteiger partial charge in [0, 0.05) is 39.3 Å². The minimum Gasteiger partial charge on any atom is -0.354 e. The number of likely N-dealkylation sites (tertiary alicyclic amines) is 1. The van der Waals surface area contributed by atoms with Gasteiger partial charge in [0.1, 0.15) is 6.04 Å². The Morgan fingerprint density at radius 1 is 1.15 bits per heavy atom. The molecule has 1 N–H and O–H groups in total. The monoisotopic (exact) mass is 392 g/mol. The van der Waals surface area contributed by atoms with Crippen LogP contribution in [0.3, 0.4) is 0 Å². The summed E-state index contributed by atoms with van der Waals surface area (Å²) in [5.74, 6) is 0.0131. The first-order valence-electron chi connectivity index (χ1n) is 10.2. The van der Waals surface area contributed by atoms with Crippen LogP contribution < -0.4 is 5.32 Å². The van der Waals surface area contributed by atoms with E-state index in [1.165, 1.54) is 11.3 Å².